The molecule has 5 nitrogen and oxygen atoms in total. The van der Waals surface area contributed by atoms with Crippen molar-refractivity contribution in [1.82, 2.24) is 10.7 Å². The molecule has 2 N–H and O–H groups in total. The Balaban J connectivity index is 1.42. The number of anilines is 1. The summed E-state index contributed by atoms with van der Waals surface area (Å²) in [5.74, 6) is 0. The van der Waals surface area contributed by atoms with Crippen molar-refractivity contribution in [3.63, 3.8) is 0 Å². The molecule has 0 aliphatic carbocycles. The van der Waals surface area contributed by atoms with Gasteiger partial charge in [-0.05, 0) is 55.6 Å². The Kier molecular flexibility index (Phi) is 7.06. The highest BCUT2D eigenvalue weighted by molar-refractivity contribution is 7.80. The molecule has 136 valence electrons. The van der Waals surface area contributed by atoms with Gasteiger partial charge in [0.1, 0.15) is 0 Å². The number of hydrogen-bond acceptors (Lipinski definition) is 4. The Morgan fingerprint density at radius 1 is 1.16 bits per heavy atom. The summed E-state index contributed by atoms with van der Waals surface area (Å²) in [4.78, 5) is 2.48. The minimum atomic E-state index is 0.273. The highest BCUT2D eigenvalue weighted by Gasteiger charge is 2.15. The van der Waals surface area contributed by atoms with Crippen LogP contribution in [0.1, 0.15) is 44.1 Å². The maximum Gasteiger partial charge on any atom is 0.187 e. The summed E-state index contributed by atoms with van der Waals surface area (Å²) >= 11 is 5.22. The molecular formula is C19H28N4OS. The standard InChI is InChI=1S/C19H28N4OS/c25-19(20-15-18-6-5-13-24-18)22-21-14-16-7-9-17(10-8-16)23-11-3-1-2-4-12-23/h7-10,14,18H,1-6,11-13,15H2,(H2,20,22,25)/b21-14-/t18-/m1/s1. The molecular weight excluding hydrogens is 332 g/mol. The van der Waals surface area contributed by atoms with Gasteiger partial charge in [0, 0.05) is 31.9 Å². The molecule has 2 heterocycles. The van der Waals surface area contributed by atoms with Crippen molar-refractivity contribution in [2.75, 3.05) is 31.1 Å². The zero-order chi connectivity index (χ0) is 17.3. The predicted octanol–water partition coefficient (Wildman–Crippen LogP) is 3.04. The van der Waals surface area contributed by atoms with Gasteiger partial charge >= 0.3 is 0 Å². The number of hydrogen-bond donors (Lipinski definition) is 2. The highest BCUT2D eigenvalue weighted by atomic mass is 32.1. The predicted molar refractivity (Wildman–Crippen MR) is 107 cm³/mol. The van der Waals surface area contributed by atoms with Crippen LogP contribution in [0.15, 0.2) is 29.4 Å². The number of ether oxygens (including phenoxy) is 1. The molecule has 6 heteroatoms. The van der Waals surface area contributed by atoms with Crippen molar-refractivity contribution in [2.45, 2.75) is 44.6 Å². The lowest BCUT2D eigenvalue weighted by Gasteiger charge is -2.22. The van der Waals surface area contributed by atoms with Gasteiger partial charge in [0.05, 0.1) is 12.3 Å². The summed E-state index contributed by atoms with van der Waals surface area (Å²) in [5.41, 5.74) is 5.23. The van der Waals surface area contributed by atoms with Crippen LogP contribution in [0.5, 0.6) is 0 Å². The van der Waals surface area contributed by atoms with Crippen LogP contribution in [-0.2, 0) is 4.74 Å². The summed E-state index contributed by atoms with van der Waals surface area (Å²) in [6.45, 7) is 3.93. The van der Waals surface area contributed by atoms with Crippen LogP contribution in [0, 0.1) is 0 Å². The number of nitrogens with one attached hydrogen (secondary N) is 2. The summed E-state index contributed by atoms with van der Waals surface area (Å²) in [5, 5.41) is 7.89. The third-order valence-electron chi connectivity index (χ3n) is 4.76. The van der Waals surface area contributed by atoms with Crippen LogP contribution in [0.3, 0.4) is 0 Å². The van der Waals surface area contributed by atoms with E-state index in [4.69, 9.17) is 17.0 Å². The first-order chi connectivity index (χ1) is 12.3. The van der Waals surface area contributed by atoms with E-state index < -0.39 is 0 Å². The Morgan fingerprint density at radius 2 is 1.92 bits per heavy atom. The molecule has 1 aromatic rings. The van der Waals surface area contributed by atoms with Gasteiger partial charge in [-0.15, -0.1) is 0 Å². The lowest BCUT2D eigenvalue weighted by molar-refractivity contribution is 0.114. The largest absolute Gasteiger partial charge is 0.376 e. The number of thiocarbonyl (C=S) groups is 1. The fraction of sp³-hybridized carbons (Fsp3) is 0.579. The van der Waals surface area contributed by atoms with Crippen molar-refractivity contribution >= 4 is 29.2 Å². The zero-order valence-electron chi connectivity index (χ0n) is 14.7. The lowest BCUT2D eigenvalue weighted by Crippen LogP contribution is -2.37. The molecule has 2 aliphatic heterocycles. The van der Waals surface area contributed by atoms with E-state index in [1.165, 1.54) is 44.5 Å². The van der Waals surface area contributed by atoms with Gasteiger partial charge in [0.25, 0.3) is 0 Å². The van der Waals surface area contributed by atoms with E-state index >= 15 is 0 Å². The van der Waals surface area contributed by atoms with E-state index in [9.17, 15) is 0 Å². The fourth-order valence-corrected chi connectivity index (χ4v) is 3.45. The van der Waals surface area contributed by atoms with Crippen molar-refractivity contribution in [1.29, 1.82) is 0 Å². The normalized spacial score (nSPS) is 21.3. The van der Waals surface area contributed by atoms with Gasteiger partial charge in [-0.25, -0.2) is 0 Å². The average molecular weight is 361 g/mol. The monoisotopic (exact) mass is 360 g/mol. The topological polar surface area (TPSA) is 48.9 Å². The lowest BCUT2D eigenvalue weighted by atomic mass is 10.2. The van der Waals surface area contributed by atoms with E-state index in [2.05, 4.69) is 45.0 Å². The van der Waals surface area contributed by atoms with Crippen LogP contribution < -0.4 is 15.6 Å². The fourth-order valence-electron chi connectivity index (χ4n) is 3.32. The SMILES string of the molecule is S=C(NC[C@H]1CCCO1)N/N=C\c1ccc(N2CCCCCC2)cc1. The maximum absolute atomic E-state index is 5.55. The number of hydrazone groups is 1. The van der Waals surface area contributed by atoms with Gasteiger partial charge in [0.15, 0.2) is 5.11 Å². The summed E-state index contributed by atoms with van der Waals surface area (Å²) in [6.07, 6.45) is 9.61. The van der Waals surface area contributed by atoms with Crippen molar-refractivity contribution in [2.24, 2.45) is 5.10 Å². The summed E-state index contributed by atoms with van der Waals surface area (Å²) in [7, 11) is 0. The average Bonchev–Trinajstić information content (AvgIpc) is 3.01. The van der Waals surface area contributed by atoms with E-state index in [0.29, 0.717) is 5.11 Å². The number of rotatable bonds is 5. The Morgan fingerprint density at radius 3 is 2.60 bits per heavy atom. The molecule has 2 fully saturated rings. The van der Waals surface area contributed by atoms with E-state index in [1.54, 1.807) is 6.21 Å². The first-order valence-electron chi connectivity index (χ1n) is 9.35. The van der Waals surface area contributed by atoms with E-state index in [1.807, 2.05) is 0 Å². The van der Waals surface area contributed by atoms with Gasteiger partial charge in [-0.2, -0.15) is 5.10 Å². The van der Waals surface area contributed by atoms with Crippen LogP contribution in [0.4, 0.5) is 5.69 Å². The maximum atomic E-state index is 5.55. The van der Waals surface area contributed by atoms with Crippen molar-refractivity contribution < 1.29 is 4.74 Å². The zero-order valence-corrected chi connectivity index (χ0v) is 15.6. The van der Waals surface area contributed by atoms with Crippen LogP contribution in [0.25, 0.3) is 0 Å². The van der Waals surface area contributed by atoms with Gasteiger partial charge in [-0.1, -0.05) is 25.0 Å². The third-order valence-corrected chi connectivity index (χ3v) is 4.99. The molecule has 1 aromatic carbocycles. The molecule has 0 aromatic heterocycles. The van der Waals surface area contributed by atoms with Gasteiger partial charge in [-0.3, -0.25) is 5.43 Å². The second-order valence-corrected chi connectivity index (χ2v) is 7.12. The molecule has 0 saturated carbocycles. The first-order valence-corrected chi connectivity index (χ1v) is 9.75. The molecule has 0 amide bonds. The van der Waals surface area contributed by atoms with Crippen LogP contribution >= 0.6 is 12.2 Å². The molecule has 0 unspecified atom stereocenters. The van der Waals surface area contributed by atoms with Crippen LogP contribution in [0.2, 0.25) is 0 Å². The third kappa shape index (κ3) is 5.97. The van der Waals surface area contributed by atoms with Crippen LogP contribution in [-0.4, -0.2) is 43.7 Å². The highest BCUT2D eigenvalue weighted by Crippen LogP contribution is 2.19. The quantitative estimate of drug-likeness (QED) is 0.480. The van der Waals surface area contributed by atoms with Gasteiger partial charge < -0.3 is 15.0 Å². The molecule has 0 radical (unpaired) electrons. The van der Waals surface area contributed by atoms with E-state index in [-0.39, 0.29) is 6.10 Å². The minimum Gasteiger partial charge on any atom is -0.376 e. The Bertz CT molecular complexity index is 561. The van der Waals surface area contributed by atoms with Gasteiger partial charge in [0.2, 0.25) is 0 Å². The first kappa shape index (κ1) is 18.1. The Hall–Kier alpha value is -1.66. The second-order valence-electron chi connectivity index (χ2n) is 6.71. The van der Waals surface area contributed by atoms with Crippen molar-refractivity contribution in [3.8, 4) is 0 Å². The summed E-state index contributed by atoms with van der Waals surface area (Å²) in [6, 6.07) is 8.57. The molecule has 0 bridgehead atoms. The smallest absolute Gasteiger partial charge is 0.187 e. The second kappa shape index (κ2) is 9.73. The molecule has 2 saturated heterocycles. The molecule has 0 spiro atoms. The molecule has 2 aliphatic rings. The van der Waals surface area contributed by atoms with Crippen molar-refractivity contribution in [3.05, 3.63) is 29.8 Å². The molecule has 1 atom stereocenters. The number of nitrogens with zero attached hydrogens (tertiary/aromatic N) is 2. The molecule has 25 heavy (non-hydrogen) atoms. The molecule has 3 rings (SSSR count). The minimum absolute atomic E-state index is 0.273. The summed E-state index contributed by atoms with van der Waals surface area (Å²) < 4.78 is 5.55. The number of benzene rings is 1. The Labute approximate surface area is 155 Å². The van der Waals surface area contributed by atoms with E-state index in [0.717, 1.165) is 31.6 Å².